The predicted octanol–water partition coefficient (Wildman–Crippen LogP) is 2.13. The number of primary amides is 1. The zero-order chi connectivity index (χ0) is 15.2. The van der Waals surface area contributed by atoms with Crippen molar-refractivity contribution >= 4 is 11.7 Å². The molecular formula is C16H17N3O2. The second-order valence-corrected chi connectivity index (χ2v) is 6.02. The van der Waals surface area contributed by atoms with Crippen LogP contribution in [0.4, 0.5) is 0 Å². The Morgan fingerprint density at radius 3 is 2.81 bits per heavy atom. The van der Waals surface area contributed by atoms with Crippen molar-refractivity contribution in [2.45, 2.75) is 26.7 Å². The Balaban J connectivity index is 2.25. The van der Waals surface area contributed by atoms with Crippen LogP contribution in [0.15, 0.2) is 30.7 Å². The highest BCUT2D eigenvalue weighted by Crippen LogP contribution is 2.38. The molecule has 3 rings (SSSR count). The Labute approximate surface area is 122 Å². The van der Waals surface area contributed by atoms with E-state index in [-0.39, 0.29) is 5.78 Å². The first-order valence-corrected chi connectivity index (χ1v) is 6.91. The number of hydrogen-bond donors (Lipinski definition) is 1. The highest BCUT2D eigenvalue weighted by atomic mass is 16.1. The van der Waals surface area contributed by atoms with Gasteiger partial charge in [-0.3, -0.25) is 14.6 Å². The SMILES string of the molecule is CC1(C)CCc2c(c(C(N)=O)cn2-c2cccnc2)C1=O. The van der Waals surface area contributed by atoms with Gasteiger partial charge in [-0.1, -0.05) is 13.8 Å². The number of pyridine rings is 1. The number of carbonyl (C=O) groups is 2. The van der Waals surface area contributed by atoms with E-state index < -0.39 is 11.3 Å². The number of nitrogens with zero attached hydrogens (tertiary/aromatic N) is 2. The summed E-state index contributed by atoms with van der Waals surface area (Å²) in [6, 6.07) is 3.71. The number of carbonyl (C=O) groups excluding carboxylic acids is 2. The standard InChI is InChI=1S/C16H17N3O2/c1-16(2)6-5-12-13(14(16)20)11(15(17)21)9-19(12)10-4-3-7-18-8-10/h3-4,7-9H,5-6H2,1-2H3,(H2,17,21). The number of fused-ring (bicyclic) bond motifs is 1. The number of aromatic nitrogens is 2. The lowest BCUT2D eigenvalue weighted by atomic mass is 9.74. The van der Waals surface area contributed by atoms with Crippen LogP contribution in [0.3, 0.4) is 0 Å². The molecule has 108 valence electrons. The first-order valence-electron chi connectivity index (χ1n) is 6.91. The van der Waals surface area contributed by atoms with E-state index in [0.717, 1.165) is 24.2 Å². The molecule has 0 saturated heterocycles. The van der Waals surface area contributed by atoms with Gasteiger partial charge in [-0.2, -0.15) is 0 Å². The minimum absolute atomic E-state index is 0.0137. The number of amides is 1. The van der Waals surface area contributed by atoms with Crippen LogP contribution < -0.4 is 5.73 Å². The minimum atomic E-state index is -0.569. The Bertz CT molecular complexity index is 729. The van der Waals surface area contributed by atoms with Crippen molar-refractivity contribution in [3.8, 4) is 5.69 Å². The maximum absolute atomic E-state index is 12.7. The van der Waals surface area contributed by atoms with Crippen molar-refractivity contribution < 1.29 is 9.59 Å². The molecule has 1 aliphatic carbocycles. The molecule has 0 bridgehead atoms. The smallest absolute Gasteiger partial charge is 0.251 e. The quantitative estimate of drug-likeness (QED) is 0.917. The maximum Gasteiger partial charge on any atom is 0.251 e. The van der Waals surface area contributed by atoms with Gasteiger partial charge in [0.2, 0.25) is 0 Å². The summed E-state index contributed by atoms with van der Waals surface area (Å²) in [6.45, 7) is 3.81. The first kappa shape index (κ1) is 13.5. The summed E-state index contributed by atoms with van der Waals surface area (Å²) in [4.78, 5) is 28.5. The van der Waals surface area contributed by atoms with Gasteiger partial charge in [0.25, 0.3) is 5.91 Å². The van der Waals surface area contributed by atoms with E-state index in [1.807, 2.05) is 30.5 Å². The van der Waals surface area contributed by atoms with Crippen LogP contribution >= 0.6 is 0 Å². The van der Waals surface area contributed by atoms with E-state index in [1.165, 1.54) is 0 Å². The normalized spacial score (nSPS) is 16.6. The van der Waals surface area contributed by atoms with Crippen LogP contribution in [0, 0.1) is 5.41 Å². The molecule has 21 heavy (non-hydrogen) atoms. The van der Waals surface area contributed by atoms with Crippen LogP contribution in [0.5, 0.6) is 0 Å². The molecule has 5 heteroatoms. The third kappa shape index (κ3) is 2.05. The Morgan fingerprint density at radius 2 is 2.19 bits per heavy atom. The highest BCUT2D eigenvalue weighted by Gasteiger charge is 2.39. The maximum atomic E-state index is 12.7. The van der Waals surface area contributed by atoms with Gasteiger partial charge in [-0.05, 0) is 25.0 Å². The van der Waals surface area contributed by atoms with Crippen molar-refractivity contribution in [1.82, 2.24) is 9.55 Å². The number of rotatable bonds is 2. The summed E-state index contributed by atoms with van der Waals surface area (Å²) in [6.07, 6.45) is 6.53. The molecular weight excluding hydrogens is 266 g/mol. The fourth-order valence-electron chi connectivity index (χ4n) is 2.84. The third-order valence-electron chi connectivity index (χ3n) is 4.13. The Morgan fingerprint density at radius 1 is 1.43 bits per heavy atom. The fourth-order valence-corrected chi connectivity index (χ4v) is 2.84. The van der Waals surface area contributed by atoms with Gasteiger partial charge < -0.3 is 10.3 Å². The van der Waals surface area contributed by atoms with Gasteiger partial charge in [0.1, 0.15) is 0 Å². The van der Waals surface area contributed by atoms with Crippen molar-refractivity contribution in [2.75, 3.05) is 0 Å². The summed E-state index contributed by atoms with van der Waals surface area (Å²) in [5.41, 5.74) is 7.45. The first-order chi connectivity index (χ1) is 9.92. The molecule has 0 atom stereocenters. The molecule has 0 radical (unpaired) electrons. The van der Waals surface area contributed by atoms with Crippen molar-refractivity contribution in [3.05, 3.63) is 47.5 Å². The summed E-state index contributed by atoms with van der Waals surface area (Å²) in [7, 11) is 0. The molecule has 2 heterocycles. The number of Topliss-reactive ketones (excluding diaryl/α,β-unsaturated/α-hetero) is 1. The molecule has 0 saturated carbocycles. The van der Waals surface area contributed by atoms with E-state index in [2.05, 4.69) is 4.98 Å². The highest BCUT2D eigenvalue weighted by molar-refractivity contribution is 6.11. The molecule has 5 nitrogen and oxygen atoms in total. The van der Waals surface area contributed by atoms with Crippen LogP contribution in [0.2, 0.25) is 0 Å². The van der Waals surface area contributed by atoms with E-state index in [1.54, 1.807) is 18.6 Å². The van der Waals surface area contributed by atoms with Gasteiger partial charge in [0.05, 0.1) is 23.0 Å². The third-order valence-corrected chi connectivity index (χ3v) is 4.13. The molecule has 1 aliphatic rings. The molecule has 0 aliphatic heterocycles. The van der Waals surface area contributed by atoms with Crippen molar-refractivity contribution in [2.24, 2.45) is 11.1 Å². The van der Waals surface area contributed by atoms with Crippen LogP contribution in [0.1, 0.15) is 46.7 Å². The lowest BCUT2D eigenvalue weighted by molar-refractivity contribution is 0.0804. The molecule has 2 N–H and O–H groups in total. The Kier molecular flexibility index (Phi) is 2.93. The monoisotopic (exact) mass is 283 g/mol. The summed E-state index contributed by atoms with van der Waals surface area (Å²) in [5.74, 6) is -0.583. The predicted molar refractivity (Wildman–Crippen MR) is 78.5 cm³/mol. The van der Waals surface area contributed by atoms with Gasteiger partial charge in [-0.25, -0.2) is 0 Å². The number of hydrogen-bond acceptors (Lipinski definition) is 3. The topological polar surface area (TPSA) is 78.0 Å². The van der Waals surface area contributed by atoms with Gasteiger partial charge in [-0.15, -0.1) is 0 Å². The zero-order valence-corrected chi connectivity index (χ0v) is 12.1. The molecule has 2 aromatic rings. The van der Waals surface area contributed by atoms with E-state index in [9.17, 15) is 9.59 Å². The summed E-state index contributed by atoms with van der Waals surface area (Å²) in [5, 5.41) is 0. The van der Waals surface area contributed by atoms with E-state index in [4.69, 9.17) is 5.73 Å². The second-order valence-electron chi connectivity index (χ2n) is 6.02. The lowest BCUT2D eigenvalue weighted by Crippen LogP contribution is -2.32. The van der Waals surface area contributed by atoms with Crippen molar-refractivity contribution in [1.29, 1.82) is 0 Å². The molecule has 1 amide bonds. The van der Waals surface area contributed by atoms with Gasteiger partial charge >= 0.3 is 0 Å². The van der Waals surface area contributed by atoms with Crippen LogP contribution in [-0.2, 0) is 6.42 Å². The zero-order valence-electron chi connectivity index (χ0n) is 12.1. The van der Waals surface area contributed by atoms with Crippen LogP contribution in [-0.4, -0.2) is 21.2 Å². The Hall–Kier alpha value is -2.43. The second kappa shape index (κ2) is 4.55. The lowest BCUT2D eigenvalue weighted by Gasteiger charge is -2.29. The summed E-state index contributed by atoms with van der Waals surface area (Å²) >= 11 is 0. The molecule has 2 aromatic heterocycles. The van der Waals surface area contributed by atoms with E-state index >= 15 is 0 Å². The average molecular weight is 283 g/mol. The largest absolute Gasteiger partial charge is 0.366 e. The molecule has 0 spiro atoms. The van der Waals surface area contributed by atoms with Crippen molar-refractivity contribution in [3.63, 3.8) is 0 Å². The van der Waals surface area contributed by atoms with Gasteiger partial charge in [0, 0.05) is 23.5 Å². The van der Waals surface area contributed by atoms with E-state index in [0.29, 0.717) is 11.1 Å². The molecule has 0 aromatic carbocycles. The molecule has 0 unspecified atom stereocenters. The molecule has 0 fully saturated rings. The van der Waals surface area contributed by atoms with Crippen LogP contribution in [0.25, 0.3) is 5.69 Å². The summed E-state index contributed by atoms with van der Waals surface area (Å²) < 4.78 is 1.86. The fraction of sp³-hybridized carbons (Fsp3) is 0.312. The number of ketones is 1. The number of nitrogens with two attached hydrogens (primary N) is 1. The van der Waals surface area contributed by atoms with Gasteiger partial charge in [0.15, 0.2) is 5.78 Å². The average Bonchev–Trinajstić information content (AvgIpc) is 2.84. The minimum Gasteiger partial charge on any atom is -0.366 e.